The summed E-state index contributed by atoms with van der Waals surface area (Å²) >= 11 is 0. The molecule has 1 spiro atoms. The number of aryl methyl sites for hydroxylation is 2. The summed E-state index contributed by atoms with van der Waals surface area (Å²) in [5.41, 5.74) is 2.98. The van der Waals surface area contributed by atoms with Crippen LogP contribution in [0.15, 0.2) is 6.07 Å². The summed E-state index contributed by atoms with van der Waals surface area (Å²) < 4.78 is 6.51. The van der Waals surface area contributed by atoms with Gasteiger partial charge in [0.05, 0.1) is 16.8 Å². The Hall–Kier alpha value is -1.60. The fraction of sp³-hybridized carbons (Fsp3) is 0.700. The van der Waals surface area contributed by atoms with Crippen molar-refractivity contribution in [2.24, 2.45) is 0 Å². The van der Waals surface area contributed by atoms with Crippen LogP contribution in [0, 0.1) is 11.3 Å². The van der Waals surface area contributed by atoms with Crippen LogP contribution in [0.2, 0.25) is 0 Å². The smallest absolute Gasteiger partial charge is 0.147 e. The quantitative estimate of drug-likeness (QED) is 0.789. The summed E-state index contributed by atoms with van der Waals surface area (Å²) in [4.78, 5) is 7.31. The summed E-state index contributed by atoms with van der Waals surface area (Å²) in [6.07, 6.45) is 9.28. The van der Waals surface area contributed by atoms with Crippen molar-refractivity contribution in [2.45, 2.75) is 76.4 Å². The van der Waals surface area contributed by atoms with Gasteiger partial charge in [0.15, 0.2) is 0 Å². The second kappa shape index (κ2) is 5.74. The van der Waals surface area contributed by atoms with E-state index in [-0.39, 0.29) is 11.2 Å². The third-order valence-electron chi connectivity index (χ3n) is 5.76. The second-order valence-corrected chi connectivity index (χ2v) is 8.39. The van der Waals surface area contributed by atoms with E-state index in [1.807, 2.05) is 0 Å². The number of nitriles is 1. The monoisotopic (exact) mass is 325 g/mol. The van der Waals surface area contributed by atoms with Crippen LogP contribution in [-0.2, 0) is 17.6 Å². The van der Waals surface area contributed by atoms with Gasteiger partial charge >= 0.3 is 0 Å². The first-order valence-corrected chi connectivity index (χ1v) is 9.38. The molecule has 2 aliphatic carbocycles. The first-order valence-electron chi connectivity index (χ1n) is 9.38. The maximum Gasteiger partial charge on any atom is 0.147 e. The molecule has 3 aliphatic rings. The summed E-state index contributed by atoms with van der Waals surface area (Å²) in [5, 5.41) is 9.69. The Morgan fingerprint density at radius 3 is 2.62 bits per heavy atom. The number of pyridine rings is 1. The minimum atomic E-state index is -0.201. The van der Waals surface area contributed by atoms with E-state index in [2.05, 4.69) is 30.9 Å². The zero-order valence-corrected chi connectivity index (χ0v) is 14.9. The fourth-order valence-corrected chi connectivity index (χ4v) is 4.89. The van der Waals surface area contributed by atoms with Gasteiger partial charge in [-0.3, -0.25) is 0 Å². The molecule has 0 radical (unpaired) electrons. The summed E-state index contributed by atoms with van der Waals surface area (Å²) in [7, 11) is 0. The minimum absolute atomic E-state index is 0.0495. The average molecular weight is 325 g/mol. The summed E-state index contributed by atoms with van der Waals surface area (Å²) in [6.45, 7) is 6.01. The first kappa shape index (κ1) is 15.9. The van der Waals surface area contributed by atoms with E-state index in [4.69, 9.17) is 9.72 Å². The normalized spacial score (nSPS) is 24.6. The molecular formula is C20H27N3O. The first-order chi connectivity index (χ1) is 11.5. The number of morpholine rings is 1. The van der Waals surface area contributed by atoms with Gasteiger partial charge in [0.2, 0.25) is 0 Å². The van der Waals surface area contributed by atoms with Crippen molar-refractivity contribution < 1.29 is 4.74 Å². The molecule has 1 saturated heterocycles. The third-order valence-corrected chi connectivity index (χ3v) is 5.76. The van der Waals surface area contributed by atoms with Crippen LogP contribution < -0.4 is 4.90 Å². The fourth-order valence-electron chi connectivity index (χ4n) is 4.89. The molecule has 0 N–H and O–H groups in total. The Balaban J connectivity index is 1.73. The van der Waals surface area contributed by atoms with Crippen molar-refractivity contribution in [3.05, 3.63) is 22.9 Å². The van der Waals surface area contributed by atoms with Gasteiger partial charge in [-0.1, -0.05) is 12.8 Å². The molecule has 2 heterocycles. The topological polar surface area (TPSA) is 49.2 Å². The van der Waals surface area contributed by atoms with Crippen molar-refractivity contribution in [3.63, 3.8) is 0 Å². The lowest BCUT2D eigenvalue weighted by molar-refractivity contribution is -0.148. The Morgan fingerprint density at radius 2 is 1.88 bits per heavy atom. The highest BCUT2D eigenvalue weighted by Crippen LogP contribution is 2.42. The standard InChI is InChI=1S/C20H27N3O/c1-19(2)13-23(14-20(24-19)9-5-6-10-20)18-16(12-21)11-15-7-3-4-8-17(15)22-18/h11H,3-10,13-14H2,1-2H3. The van der Waals surface area contributed by atoms with Crippen molar-refractivity contribution >= 4 is 5.82 Å². The molecule has 4 nitrogen and oxygen atoms in total. The maximum atomic E-state index is 9.69. The molecule has 4 heteroatoms. The van der Waals surface area contributed by atoms with E-state index in [1.54, 1.807) is 0 Å². The molecule has 0 atom stereocenters. The molecule has 0 bridgehead atoms. The van der Waals surface area contributed by atoms with Crippen LogP contribution in [0.5, 0.6) is 0 Å². The molecule has 24 heavy (non-hydrogen) atoms. The van der Waals surface area contributed by atoms with Crippen molar-refractivity contribution in [3.8, 4) is 6.07 Å². The summed E-state index contributed by atoms with van der Waals surface area (Å²) in [5.74, 6) is 0.890. The molecule has 1 saturated carbocycles. The molecule has 0 amide bonds. The van der Waals surface area contributed by atoms with Crippen LogP contribution in [0.3, 0.4) is 0 Å². The van der Waals surface area contributed by atoms with Gasteiger partial charge in [0, 0.05) is 18.8 Å². The number of rotatable bonds is 1. The van der Waals surface area contributed by atoms with Gasteiger partial charge in [0.25, 0.3) is 0 Å². The zero-order valence-electron chi connectivity index (χ0n) is 14.9. The lowest BCUT2D eigenvalue weighted by atomic mass is 9.92. The molecule has 2 fully saturated rings. The van der Waals surface area contributed by atoms with Crippen LogP contribution >= 0.6 is 0 Å². The zero-order chi connectivity index (χ0) is 16.8. The Bertz CT molecular complexity index is 683. The number of nitrogens with zero attached hydrogens (tertiary/aromatic N) is 3. The largest absolute Gasteiger partial charge is 0.365 e. The molecule has 1 aromatic rings. The van der Waals surface area contributed by atoms with E-state index in [0.29, 0.717) is 0 Å². The molecule has 128 valence electrons. The summed E-state index contributed by atoms with van der Waals surface area (Å²) in [6, 6.07) is 4.50. The maximum absolute atomic E-state index is 9.69. The van der Waals surface area contributed by atoms with Gasteiger partial charge in [-0.05, 0) is 64.0 Å². The van der Waals surface area contributed by atoms with Crippen LogP contribution in [0.1, 0.15) is 69.2 Å². The highest BCUT2D eigenvalue weighted by molar-refractivity contribution is 5.57. The van der Waals surface area contributed by atoms with Gasteiger partial charge in [-0.15, -0.1) is 0 Å². The molecule has 0 unspecified atom stereocenters. The number of ether oxygens (including phenoxy) is 1. The van der Waals surface area contributed by atoms with E-state index in [9.17, 15) is 5.26 Å². The lowest BCUT2D eigenvalue weighted by Crippen LogP contribution is -2.59. The number of anilines is 1. The highest BCUT2D eigenvalue weighted by atomic mass is 16.5. The predicted molar refractivity (Wildman–Crippen MR) is 94.2 cm³/mol. The Kier molecular flexibility index (Phi) is 3.80. The number of aromatic nitrogens is 1. The third kappa shape index (κ3) is 2.80. The van der Waals surface area contributed by atoms with Crippen molar-refractivity contribution in [1.82, 2.24) is 4.98 Å². The van der Waals surface area contributed by atoms with Gasteiger partial charge < -0.3 is 9.64 Å². The van der Waals surface area contributed by atoms with E-state index >= 15 is 0 Å². The molecule has 0 aromatic carbocycles. The van der Waals surface area contributed by atoms with Gasteiger partial charge in [-0.2, -0.15) is 5.26 Å². The molecule has 1 aromatic heterocycles. The van der Waals surface area contributed by atoms with E-state index in [1.165, 1.54) is 36.9 Å². The van der Waals surface area contributed by atoms with Gasteiger partial charge in [-0.25, -0.2) is 4.98 Å². The van der Waals surface area contributed by atoms with E-state index < -0.39 is 0 Å². The van der Waals surface area contributed by atoms with E-state index in [0.717, 1.165) is 50.2 Å². The molecular weight excluding hydrogens is 298 g/mol. The Labute approximate surface area is 144 Å². The number of hydrogen-bond acceptors (Lipinski definition) is 4. The van der Waals surface area contributed by atoms with Crippen LogP contribution in [0.25, 0.3) is 0 Å². The number of fused-ring (bicyclic) bond motifs is 1. The molecule has 1 aliphatic heterocycles. The van der Waals surface area contributed by atoms with Gasteiger partial charge in [0.1, 0.15) is 11.9 Å². The van der Waals surface area contributed by atoms with Crippen LogP contribution in [-0.4, -0.2) is 29.3 Å². The second-order valence-electron chi connectivity index (χ2n) is 8.39. The minimum Gasteiger partial charge on any atom is -0.365 e. The lowest BCUT2D eigenvalue weighted by Gasteiger charge is -2.49. The Morgan fingerprint density at radius 1 is 1.12 bits per heavy atom. The SMILES string of the molecule is CC1(C)CN(c2nc3c(cc2C#N)CCCC3)CC2(CCCC2)O1. The molecule has 4 rings (SSSR count). The predicted octanol–water partition coefficient (Wildman–Crippen LogP) is 3.76. The highest BCUT2D eigenvalue weighted by Gasteiger charge is 2.46. The van der Waals surface area contributed by atoms with Crippen molar-refractivity contribution in [1.29, 1.82) is 5.26 Å². The number of hydrogen-bond donors (Lipinski definition) is 0. The average Bonchev–Trinajstić information content (AvgIpc) is 2.99. The van der Waals surface area contributed by atoms with Crippen LogP contribution in [0.4, 0.5) is 5.82 Å². The van der Waals surface area contributed by atoms with Crippen molar-refractivity contribution in [2.75, 3.05) is 18.0 Å².